The van der Waals surface area contributed by atoms with Gasteiger partial charge < -0.3 is 11.1 Å². The number of carbonyl (C=O) groups is 1. The molecule has 4 heteroatoms. The van der Waals surface area contributed by atoms with Crippen LogP contribution in [0.2, 0.25) is 0 Å². The summed E-state index contributed by atoms with van der Waals surface area (Å²) >= 11 is 4.91. The highest BCUT2D eigenvalue weighted by molar-refractivity contribution is 7.80. The average Bonchev–Trinajstić information content (AvgIpc) is 2.33. The maximum Gasteiger partial charge on any atom is 0.251 e. The molecule has 0 aromatic heterocycles. The van der Waals surface area contributed by atoms with Crippen molar-refractivity contribution in [3.63, 3.8) is 0 Å². The van der Waals surface area contributed by atoms with Crippen LogP contribution in [0.4, 0.5) is 0 Å². The van der Waals surface area contributed by atoms with Gasteiger partial charge in [-0.3, -0.25) is 4.79 Å². The molecule has 2 rings (SSSR count). The second-order valence-electron chi connectivity index (χ2n) is 5.29. The van der Waals surface area contributed by atoms with Crippen LogP contribution in [0.25, 0.3) is 0 Å². The van der Waals surface area contributed by atoms with Crippen LogP contribution in [0.3, 0.4) is 0 Å². The molecule has 0 aliphatic heterocycles. The Morgan fingerprint density at radius 1 is 1.44 bits per heavy atom. The monoisotopic (exact) mass is 262 g/mol. The Hall–Kier alpha value is -1.42. The quantitative estimate of drug-likeness (QED) is 0.818. The third-order valence-electron chi connectivity index (χ3n) is 3.65. The van der Waals surface area contributed by atoms with Crippen molar-refractivity contribution in [1.82, 2.24) is 5.32 Å². The lowest BCUT2D eigenvalue weighted by Gasteiger charge is -2.38. The fourth-order valence-corrected chi connectivity index (χ4v) is 2.29. The Morgan fingerprint density at radius 3 is 2.67 bits per heavy atom. The Bertz CT molecular complexity index is 480. The Labute approximate surface area is 113 Å². The molecule has 18 heavy (non-hydrogen) atoms. The van der Waals surface area contributed by atoms with Gasteiger partial charge in [-0.15, -0.1) is 0 Å². The smallest absolute Gasteiger partial charge is 0.251 e. The van der Waals surface area contributed by atoms with Crippen molar-refractivity contribution in [2.45, 2.75) is 26.2 Å². The van der Waals surface area contributed by atoms with Crippen LogP contribution in [0, 0.1) is 5.41 Å². The summed E-state index contributed by atoms with van der Waals surface area (Å²) in [5.41, 5.74) is 7.19. The van der Waals surface area contributed by atoms with Gasteiger partial charge in [-0.2, -0.15) is 0 Å². The molecule has 0 bridgehead atoms. The number of nitrogens with two attached hydrogens (primary N) is 1. The molecule has 3 N–H and O–H groups in total. The van der Waals surface area contributed by atoms with Crippen LogP contribution in [0.15, 0.2) is 24.3 Å². The van der Waals surface area contributed by atoms with Crippen LogP contribution < -0.4 is 11.1 Å². The van der Waals surface area contributed by atoms with Crippen LogP contribution in [0.1, 0.15) is 42.1 Å². The van der Waals surface area contributed by atoms with Crippen molar-refractivity contribution in [3.8, 4) is 0 Å². The van der Waals surface area contributed by atoms with E-state index in [2.05, 4.69) is 12.2 Å². The Morgan fingerprint density at radius 2 is 2.11 bits per heavy atom. The number of nitrogens with one attached hydrogen (secondary N) is 1. The number of thiocarbonyl (C=S) groups is 1. The van der Waals surface area contributed by atoms with E-state index in [1.807, 2.05) is 6.07 Å². The van der Waals surface area contributed by atoms with Crippen molar-refractivity contribution >= 4 is 23.1 Å². The number of hydrogen-bond acceptors (Lipinski definition) is 2. The molecule has 1 fully saturated rings. The number of benzene rings is 1. The lowest BCUT2D eigenvalue weighted by molar-refractivity contribution is 0.0891. The summed E-state index contributed by atoms with van der Waals surface area (Å²) < 4.78 is 0. The van der Waals surface area contributed by atoms with Crippen molar-refractivity contribution in [1.29, 1.82) is 0 Å². The van der Waals surface area contributed by atoms with Gasteiger partial charge in [0.2, 0.25) is 0 Å². The highest BCUT2D eigenvalue weighted by Crippen LogP contribution is 2.39. The molecule has 1 aromatic carbocycles. The van der Waals surface area contributed by atoms with E-state index in [1.165, 1.54) is 19.3 Å². The van der Waals surface area contributed by atoms with E-state index >= 15 is 0 Å². The molecule has 1 aliphatic rings. The molecule has 1 aliphatic carbocycles. The van der Waals surface area contributed by atoms with E-state index in [1.54, 1.807) is 18.2 Å². The molecule has 1 amide bonds. The van der Waals surface area contributed by atoms with E-state index in [-0.39, 0.29) is 11.3 Å². The minimum Gasteiger partial charge on any atom is -0.389 e. The molecule has 96 valence electrons. The fourth-order valence-electron chi connectivity index (χ4n) is 2.17. The lowest BCUT2D eigenvalue weighted by Crippen LogP contribution is -2.39. The van der Waals surface area contributed by atoms with Crippen LogP contribution in [-0.4, -0.2) is 17.4 Å². The number of rotatable bonds is 4. The largest absolute Gasteiger partial charge is 0.389 e. The van der Waals surface area contributed by atoms with Gasteiger partial charge in [0.25, 0.3) is 5.91 Å². The molecule has 0 heterocycles. The zero-order valence-corrected chi connectivity index (χ0v) is 11.3. The third kappa shape index (κ3) is 2.88. The number of hydrogen-bond donors (Lipinski definition) is 2. The van der Waals surface area contributed by atoms with E-state index in [0.717, 1.165) is 12.1 Å². The zero-order chi connectivity index (χ0) is 13.2. The van der Waals surface area contributed by atoms with Crippen molar-refractivity contribution in [3.05, 3.63) is 35.4 Å². The minimum absolute atomic E-state index is 0.0544. The summed E-state index contributed by atoms with van der Waals surface area (Å²) in [4.78, 5) is 12.3. The van der Waals surface area contributed by atoms with Gasteiger partial charge in [-0.05, 0) is 30.4 Å². The minimum atomic E-state index is -0.0544. The van der Waals surface area contributed by atoms with Gasteiger partial charge in [0.05, 0.1) is 0 Å². The third-order valence-corrected chi connectivity index (χ3v) is 3.88. The molecule has 1 saturated carbocycles. The van der Waals surface area contributed by atoms with Crippen molar-refractivity contribution in [2.75, 3.05) is 6.54 Å². The summed E-state index contributed by atoms with van der Waals surface area (Å²) in [5.74, 6) is -0.0544. The standard InChI is InChI=1S/C14H18N2OS/c1-14(6-3-7-14)9-16-13(17)11-5-2-4-10(8-11)12(15)18/h2,4-5,8H,3,6-7,9H2,1H3,(H2,15,18)(H,16,17). The molecular weight excluding hydrogens is 244 g/mol. The first-order valence-corrected chi connectivity index (χ1v) is 6.59. The Kier molecular flexibility index (Phi) is 3.66. The summed E-state index contributed by atoms with van der Waals surface area (Å²) in [5, 5.41) is 2.98. The molecule has 0 spiro atoms. The van der Waals surface area contributed by atoms with Crippen LogP contribution >= 0.6 is 12.2 Å². The lowest BCUT2D eigenvalue weighted by atomic mass is 9.70. The normalized spacial score (nSPS) is 16.7. The van der Waals surface area contributed by atoms with Gasteiger partial charge in [-0.25, -0.2) is 0 Å². The molecule has 0 atom stereocenters. The summed E-state index contributed by atoms with van der Waals surface area (Å²) in [7, 11) is 0. The first kappa shape index (κ1) is 13.0. The summed E-state index contributed by atoms with van der Waals surface area (Å²) in [6.45, 7) is 2.95. The van der Waals surface area contributed by atoms with Crippen LogP contribution in [-0.2, 0) is 0 Å². The zero-order valence-electron chi connectivity index (χ0n) is 10.5. The van der Waals surface area contributed by atoms with Crippen LogP contribution in [0.5, 0.6) is 0 Å². The molecule has 1 aromatic rings. The van der Waals surface area contributed by atoms with Gasteiger partial charge in [0.1, 0.15) is 4.99 Å². The summed E-state index contributed by atoms with van der Waals surface area (Å²) in [6, 6.07) is 7.13. The van der Waals surface area contributed by atoms with Gasteiger partial charge in [-0.1, -0.05) is 37.7 Å². The van der Waals surface area contributed by atoms with Gasteiger partial charge in [0.15, 0.2) is 0 Å². The predicted molar refractivity (Wildman–Crippen MR) is 76.6 cm³/mol. The topological polar surface area (TPSA) is 55.1 Å². The number of amides is 1. The maximum atomic E-state index is 12.0. The second kappa shape index (κ2) is 5.06. The van der Waals surface area contributed by atoms with E-state index in [0.29, 0.717) is 10.6 Å². The van der Waals surface area contributed by atoms with Gasteiger partial charge in [0, 0.05) is 17.7 Å². The molecule has 0 unspecified atom stereocenters. The van der Waals surface area contributed by atoms with Crippen molar-refractivity contribution < 1.29 is 4.79 Å². The second-order valence-corrected chi connectivity index (χ2v) is 5.73. The number of carbonyl (C=O) groups excluding carboxylic acids is 1. The molecule has 0 radical (unpaired) electrons. The van der Waals surface area contributed by atoms with E-state index in [9.17, 15) is 4.79 Å². The van der Waals surface area contributed by atoms with E-state index < -0.39 is 0 Å². The maximum absolute atomic E-state index is 12.0. The highest BCUT2D eigenvalue weighted by Gasteiger charge is 2.31. The summed E-state index contributed by atoms with van der Waals surface area (Å²) in [6.07, 6.45) is 3.66. The SMILES string of the molecule is CC1(CNC(=O)c2cccc(C(N)=S)c2)CCC1. The molecular formula is C14H18N2OS. The molecule has 3 nitrogen and oxygen atoms in total. The molecule has 0 saturated heterocycles. The van der Waals surface area contributed by atoms with E-state index in [4.69, 9.17) is 18.0 Å². The Balaban J connectivity index is 2.00. The fraction of sp³-hybridized carbons (Fsp3) is 0.429. The first-order valence-electron chi connectivity index (χ1n) is 6.18. The predicted octanol–water partition coefficient (Wildman–Crippen LogP) is 2.24. The first-order chi connectivity index (χ1) is 8.50. The van der Waals surface area contributed by atoms with Crippen molar-refractivity contribution in [2.24, 2.45) is 11.1 Å². The average molecular weight is 262 g/mol. The highest BCUT2D eigenvalue weighted by atomic mass is 32.1. The van der Waals surface area contributed by atoms with Gasteiger partial charge >= 0.3 is 0 Å².